The molecule has 3 aromatic carbocycles. The number of H-pyrrole nitrogens is 1. The second kappa shape index (κ2) is 10.1. The number of aromatic amines is 1. The highest BCUT2D eigenvalue weighted by Gasteiger charge is 2.24. The fourth-order valence-corrected chi connectivity index (χ4v) is 4.94. The molecular formula is C28H27N5O3S. The molecule has 1 atom stereocenters. The molecule has 0 spiro atoms. The third-order valence-electron chi connectivity index (χ3n) is 6.36. The van der Waals surface area contributed by atoms with Crippen LogP contribution < -0.4 is 10.5 Å². The number of benzene rings is 3. The van der Waals surface area contributed by atoms with Crippen LogP contribution in [0, 0.1) is 0 Å². The zero-order valence-corrected chi connectivity index (χ0v) is 21.1. The summed E-state index contributed by atoms with van der Waals surface area (Å²) in [6, 6.07) is 21.5. The molecule has 188 valence electrons. The van der Waals surface area contributed by atoms with Crippen LogP contribution in [0.25, 0.3) is 22.2 Å². The second-order valence-corrected chi connectivity index (χ2v) is 10.5. The number of fused-ring (bicyclic) bond motifs is 1. The summed E-state index contributed by atoms with van der Waals surface area (Å²) in [4.78, 5) is 21.5. The first kappa shape index (κ1) is 24.6. The van der Waals surface area contributed by atoms with Crippen LogP contribution in [0.15, 0.2) is 96.4 Å². The van der Waals surface area contributed by atoms with Crippen LogP contribution in [0.1, 0.15) is 27.5 Å². The van der Waals surface area contributed by atoms with Crippen LogP contribution in [0.2, 0.25) is 0 Å². The average molecular weight is 514 g/mol. The SMILES string of the molecule is Cn1cnc(-c2ccc3c(C(=O)[C@@H](NCCc4ccc(S(N)(=O)=O)cc4)c4ccccc4)c[nH]c3c2)c1. The molecule has 0 fully saturated rings. The Labute approximate surface area is 215 Å². The lowest BCUT2D eigenvalue weighted by atomic mass is 9.96. The van der Waals surface area contributed by atoms with Gasteiger partial charge in [0.1, 0.15) is 0 Å². The number of imidazole rings is 1. The molecule has 0 saturated heterocycles. The number of aromatic nitrogens is 3. The Balaban J connectivity index is 1.37. The van der Waals surface area contributed by atoms with Crippen LogP contribution in [-0.4, -0.2) is 35.3 Å². The first-order valence-corrected chi connectivity index (χ1v) is 13.4. The molecule has 5 rings (SSSR count). The molecule has 0 radical (unpaired) electrons. The average Bonchev–Trinajstić information content (AvgIpc) is 3.52. The largest absolute Gasteiger partial charge is 0.360 e. The van der Waals surface area contributed by atoms with Gasteiger partial charge in [-0.2, -0.15) is 0 Å². The first-order valence-electron chi connectivity index (χ1n) is 11.8. The van der Waals surface area contributed by atoms with Crippen molar-refractivity contribution in [1.29, 1.82) is 0 Å². The Morgan fingerprint density at radius 3 is 2.51 bits per heavy atom. The molecule has 0 saturated carbocycles. The zero-order chi connectivity index (χ0) is 26.0. The topological polar surface area (TPSA) is 123 Å². The lowest BCUT2D eigenvalue weighted by Crippen LogP contribution is -2.30. The normalized spacial score (nSPS) is 12.6. The highest BCUT2D eigenvalue weighted by Crippen LogP contribution is 2.28. The number of ketones is 1. The summed E-state index contributed by atoms with van der Waals surface area (Å²) in [6.45, 7) is 0.520. The second-order valence-electron chi connectivity index (χ2n) is 8.99. The number of nitrogens with one attached hydrogen (secondary N) is 2. The van der Waals surface area contributed by atoms with Crippen molar-refractivity contribution in [3.8, 4) is 11.3 Å². The molecule has 37 heavy (non-hydrogen) atoms. The predicted octanol–water partition coefficient (Wildman–Crippen LogP) is 3.97. The molecule has 0 unspecified atom stereocenters. The monoisotopic (exact) mass is 513 g/mol. The van der Waals surface area contributed by atoms with Crippen LogP contribution in [0.4, 0.5) is 0 Å². The summed E-state index contributed by atoms with van der Waals surface area (Å²) in [5, 5.41) is 9.44. The van der Waals surface area contributed by atoms with Crippen molar-refractivity contribution < 1.29 is 13.2 Å². The Kier molecular flexibility index (Phi) is 6.75. The van der Waals surface area contributed by atoms with Gasteiger partial charge in [-0.25, -0.2) is 18.5 Å². The Bertz CT molecular complexity index is 1660. The van der Waals surface area contributed by atoms with E-state index in [-0.39, 0.29) is 10.7 Å². The van der Waals surface area contributed by atoms with Crippen molar-refractivity contribution in [1.82, 2.24) is 19.9 Å². The van der Waals surface area contributed by atoms with Gasteiger partial charge in [-0.15, -0.1) is 0 Å². The van der Waals surface area contributed by atoms with Crippen molar-refractivity contribution in [3.63, 3.8) is 0 Å². The van der Waals surface area contributed by atoms with Gasteiger partial charge in [-0.1, -0.05) is 54.6 Å². The maximum absolute atomic E-state index is 13.8. The minimum atomic E-state index is -3.73. The number of sulfonamides is 1. The summed E-state index contributed by atoms with van der Waals surface area (Å²) in [5.41, 5.74) is 5.13. The minimum Gasteiger partial charge on any atom is -0.360 e. The summed E-state index contributed by atoms with van der Waals surface area (Å²) < 4.78 is 24.9. The maximum atomic E-state index is 13.8. The van der Waals surface area contributed by atoms with E-state index in [2.05, 4.69) is 15.3 Å². The Morgan fingerprint density at radius 2 is 1.84 bits per heavy atom. The van der Waals surface area contributed by atoms with Crippen molar-refractivity contribution >= 4 is 26.7 Å². The van der Waals surface area contributed by atoms with Crippen LogP contribution in [0.5, 0.6) is 0 Å². The maximum Gasteiger partial charge on any atom is 0.238 e. The van der Waals surface area contributed by atoms with Crippen LogP contribution in [0.3, 0.4) is 0 Å². The first-order chi connectivity index (χ1) is 17.8. The van der Waals surface area contributed by atoms with Crippen molar-refractivity contribution in [2.24, 2.45) is 12.2 Å². The lowest BCUT2D eigenvalue weighted by molar-refractivity contribution is 0.0945. The summed E-state index contributed by atoms with van der Waals surface area (Å²) in [5.74, 6) is -0.0346. The fraction of sp³-hybridized carbons (Fsp3) is 0.143. The molecule has 9 heteroatoms. The smallest absolute Gasteiger partial charge is 0.238 e. The molecule has 0 bridgehead atoms. The number of aryl methyl sites for hydroxylation is 1. The lowest BCUT2D eigenvalue weighted by Gasteiger charge is -2.18. The molecule has 5 aromatic rings. The van der Waals surface area contributed by atoms with Crippen LogP contribution >= 0.6 is 0 Å². The highest BCUT2D eigenvalue weighted by molar-refractivity contribution is 7.89. The van der Waals surface area contributed by atoms with Gasteiger partial charge in [-0.05, 0) is 35.7 Å². The molecular weight excluding hydrogens is 486 g/mol. The number of Topliss-reactive ketones (excluding diaryl/α,β-unsaturated/α-hetero) is 1. The standard InChI is InChI=1S/C28H27N5O3S/c1-33-17-26(32-18-33)21-9-12-23-24(16-31-25(23)15-21)28(34)27(20-5-3-2-4-6-20)30-14-13-19-7-10-22(11-8-19)37(29,35)36/h2-12,15-18,27,30-31H,13-14H2,1H3,(H2,29,35,36)/t27-/m0/s1. The van der Waals surface area contributed by atoms with E-state index in [4.69, 9.17) is 5.14 Å². The molecule has 8 nitrogen and oxygen atoms in total. The van der Waals surface area contributed by atoms with E-state index in [1.54, 1.807) is 24.7 Å². The van der Waals surface area contributed by atoms with Crippen LogP contribution in [-0.2, 0) is 23.5 Å². The van der Waals surface area contributed by atoms with E-state index in [1.807, 2.05) is 66.3 Å². The number of nitrogens with two attached hydrogens (primary N) is 1. The van der Waals surface area contributed by atoms with Gasteiger partial charge in [0.25, 0.3) is 0 Å². The minimum absolute atomic E-state index is 0.0346. The van der Waals surface area contributed by atoms with Gasteiger partial charge in [0, 0.05) is 48.0 Å². The third-order valence-corrected chi connectivity index (χ3v) is 7.29. The van der Waals surface area contributed by atoms with Gasteiger partial charge >= 0.3 is 0 Å². The number of hydrogen-bond acceptors (Lipinski definition) is 5. The van der Waals surface area contributed by atoms with E-state index in [1.165, 1.54) is 12.1 Å². The molecule has 0 amide bonds. The fourth-order valence-electron chi connectivity index (χ4n) is 4.42. The molecule has 0 aliphatic carbocycles. The van der Waals surface area contributed by atoms with E-state index in [0.29, 0.717) is 18.5 Å². The van der Waals surface area contributed by atoms with Crippen molar-refractivity contribution in [2.45, 2.75) is 17.4 Å². The highest BCUT2D eigenvalue weighted by atomic mass is 32.2. The number of hydrogen-bond donors (Lipinski definition) is 3. The molecule has 2 aromatic heterocycles. The van der Waals surface area contributed by atoms with Crippen molar-refractivity contribution in [3.05, 3.63) is 108 Å². The van der Waals surface area contributed by atoms with Gasteiger partial charge < -0.3 is 14.9 Å². The zero-order valence-electron chi connectivity index (χ0n) is 20.3. The predicted molar refractivity (Wildman–Crippen MR) is 144 cm³/mol. The number of primary sulfonamides is 1. The third kappa shape index (κ3) is 5.39. The van der Waals surface area contributed by atoms with E-state index in [0.717, 1.165) is 33.3 Å². The van der Waals surface area contributed by atoms with E-state index < -0.39 is 16.1 Å². The summed E-state index contributed by atoms with van der Waals surface area (Å²) in [6.07, 6.45) is 6.09. The summed E-state index contributed by atoms with van der Waals surface area (Å²) >= 11 is 0. The van der Waals surface area contributed by atoms with Gasteiger partial charge in [-0.3, -0.25) is 4.79 Å². The van der Waals surface area contributed by atoms with Gasteiger partial charge in [0.2, 0.25) is 10.0 Å². The molecule has 0 aliphatic heterocycles. The van der Waals surface area contributed by atoms with Crippen molar-refractivity contribution in [2.75, 3.05) is 6.54 Å². The van der Waals surface area contributed by atoms with E-state index >= 15 is 0 Å². The number of carbonyl (C=O) groups excluding carboxylic acids is 1. The number of carbonyl (C=O) groups is 1. The number of nitrogens with zero attached hydrogens (tertiary/aromatic N) is 2. The quantitative estimate of drug-likeness (QED) is 0.257. The Morgan fingerprint density at radius 1 is 1.08 bits per heavy atom. The van der Waals surface area contributed by atoms with E-state index in [9.17, 15) is 13.2 Å². The number of rotatable bonds is 9. The van der Waals surface area contributed by atoms with Gasteiger partial charge in [0.15, 0.2) is 5.78 Å². The summed E-state index contributed by atoms with van der Waals surface area (Å²) in [7, 11) is -1.80. The Hall–Kier alpha value is -4.05. The molecule has 0 aliphatic rings. The molecule has 2 heterocycles. The van der Waals surface area contributed by atoms with Gasteiger partial charge in [0.05, 0.1) is 23.0 Å². The molecule has 4 N–H and O–H groups in total.